The summed E-state index contributed by atoms with van der Waals surface area (Å²) in [5.41, 5.74) is -1.29. The Balaban J connectivity index is 2.23. The van der Waals surface area contributed by atoms with E-state index in [4.69, 9.17) is 9.31 Å². The van der Waals surface area contributed by atoms with Crippen LogP contribution in [-0.2, 0) is 9.31 Å². The number of alkyl halides is 3. The molecule has 2 rings (SSSR count). The van der Waals surface area contributed by atoms with Crippen molar-refractivity contribution in [2.45, 2.75) is 45.3 Å². The summed E-state index contributed by atoms with van der Waals surface area (Å²) in [6, 6.07) is 2.85. The van der Waals surface area contributed by atoms with Gasteiger partial charge in [0.05, 0.1) is 11.2 Å². The van der Waals surface area contributed by atoms with Gasteiger partial charge in [-0.1, -0.05) is 6.07 Å². The van der Waals surface area contributed by atoms with Crippen LogP contribution in [0.1, 0.15) is 27.7 Å². The minimum Gasteiger partial charge on any atom is -0.406 e. The first kappa shape index (κ1) is 16.1. The number of ether oxygens (including phenoxy) is 1. The molecule has 0 radical (unpaired) electrons. The number of halogens is 4. The average molecular weight is 306 g/mol. The fourth-order valence-corrected chi connectivity index (χ4v) is 1.87. The lowest BCUT2D eigenvalue weighted by atomic mass is 9.78. The van der Waals surface area contributed by atoms with Crippen LogP contribution in [0, 0.1) is 5.82 Å². The normalized spacial score (nSPS) is 20.7. The number of hydrogen-bond acceptors (Lipinski definition) is 3. The molecule has 0 amide bonds. The Labute approximate surface area is 120 Å². The van der Waals surface area contributed by atoms with Gasteiger partial charge in [-0.15, -0.1) is 13.2 Å². The summed E-state index contributed by atoms with van der Waals surface area (Å²) in [5.74, 6) is -1.50. The third-order valence-corrected chi connectivity index (χ3v) is 3.71. The monoisotopic (exact) mass is 306 g/mol. The van der Waals surface area contributed by atoms with E-state index >= 15 is 0 Å². The molecule has 1 heterocycles. The molecule has 21 heavy (non-hydrogen) atoms. The van der Waals surface area contributed by atoms with Crippen LogP contribution in [-0.4, -0.2) is 24.7 Å². The van der Waals surface area contributed by atoms with Gasteiger partial charge in [0.25, 0.3) is 0 Å². The molecule has 0 spiro atoms. The van der Waals surface area contributed by atoms with Crippen LogP contribution in [0.15, 0.2) is 18.2 Å². The van der Waals surface area contributed by atoms with Gasteiger partial charge in [-0.3, -0.25) is 0 Å². The predicted molar refractivity (Wildman–Crippen MR) is 68.8 cm³/mol. The number of rotatable bonds is 2. The quantitative estimate of drug-likeness (QED) is 0.621. The fourth-order valence-electron chi connectivity index (χ4n) is 1.87. The minimum absolute atomic E-state index is 0.0307. The first-order valence-electron chi connectivity index (χ1n) is 6.32. The van der Waals surface area contributed by atoms with Gasteiger partial charge < -0.3 is 14.0 Å². The second-order valence-corrected chi connectivity index (χ2v) is 5.82. The summed E-state index contributed by atoms with van der Waals surface area (Å²) in [4.78, 5) is 0. The molecule has 3 nitrogen and oxygen atoms in total. The van der Waals surface area contributed by atoms with E-state index in [1.165, 1.54) is 6.07 Å². The van der Waals surface area contributed by atoms with E-state index in [1.54, 1.807) is 27.7 Å². The molecule has 1 fully saturated rings. The highest BCUT2D eigenvalue weighted by Crippen LogP contribution is 2.36. The molecule has 0 N–H and O–H groups in total. The molecule has 0 bridgehead atoms. The first-order chi connectivity index (χ1) is 9.41. The summed E-state index contributed by atoms with van der Waals surface area (Å²) < 4.78 is 65.2. The number of benzene rings is 1. The molecule has 1 aromatic rings. The van der Waals surface area contributed by atoms with Gasteiger partial charge in [0, 0.05) is 11.5 Å². The van der Waals surface area contributed by atoms with Crippen molar-refractivity contribution in [1.82, 2.24) is 0 Å². The van der Waals surface area contributed by atoms with Gasteiger partial charge in [-0.05, 0) is 33.8 Å². The van der Waals surface area contributed by atoms with E-state index in [1.807, 2.05) is 0 Å². The van der Waals surface area contributed by atoms with E-state index < -0.39 is 36.2 Å². The molecule has 1 saturated heterocycles. The van der Waals surface area contributed by atoms with Crippen LogP contribution in [0.5, 0.6) is 5.75 Å². The highest BCUT2D eigenvalue weighted by atomic mass is 19.4. The molecule has 0 unspecified atom stereocenters. The summed E-state index contributed by atoms with van der Waals surface area (Å²) >= 11 is 0. The van der Waals surface area contributed by atoms with Gasteiger partial charge in [-0.2, -0.15) is 0 Å². The maximum Gasteiger partial charge on any atom is 0.573 e. The van der Waals surface area contributed by atoms with Gasteiger partial charge >= 0.3 is 13.5 Å². The van der Waals surface area contributed by atoms with Crippen molar-refractivity contribution in [2.24, 2.45) is 0 Å². The van der Waals surface area contributed by atoms with E-state index in [0.29, 0.717) is 6.07 Å². The van der Waals surface area contributed by atoms with Crippen molar-refractivity contribution < 1.29 is 31.6 Å². The van der Waals surface area contributed by atoms with Crippen molar-refractivity contribution in [2.75, 3.05) is 0 Å². The molecule has 0 saturated carbocycles. The third-order valence-electron chi connectivity index (χ3n) is 3.71. The largest absolute Gasteiger partial charge is 0.573 e. The van der Waals surface area contributed by atoms with Crippen LogP contribution in [0.4, 0.5) is 17.6 Å². The van der Waals surface area contributed by atoms with Gasteiger partial charge in [0.15, 0.2) is 0 Å². The third kappa shape index (κ3) is 3.32. The molecule has 116 valence electrons. The SMILES string of the molecule is CC1(C)OB(c2ccc(OC(F)(F)F)cc2F)OC1(C)C. The van der Waals surface area contributed by atoms with Crippen LogP contribution in [0.25, 0.3) is 0 Å². The number of hydrogen-bond donors (Lipinski definition) is 0. The maximum atomic E-state index is 14.0. The average Bonchev–Trinajstić information content (AvgIpc) is 2.45. The molecule has 1 aliphatic rings. The van der Waals surface area contributed by atoms with E-state index in [-0.39, 0.29) is 5.46 Å². The standard InChI is InChI=1S/C13H15BF4O3/c1-11(2)12(3,4)21-14(20-11)9-6-5-8(7-10(9)15)19-13(16,17)18/h5-7H,1-4H3. The Kier molecular flexibility index (Phi) is 3.74. The zero-order valence-electron chi connectivity index (χ0n) is 12.0. The van der Waals surface area contributed by atoms with Crippen molar-refractivity contribution in [3.63, 3.8) is 0 Å². The highest BCUT2D eigenvalue weighted by Gasteiger charge is 2.52. The molecule has 0 atom stereocenters. The van der Waals surface area contributed by atoms with Crippen LogP contribution >= 0.6 is 0 Å². The summed E-state index contributed by atoms with van der Waals surface area (Å²) in [7, 11) is -0.977. The Morgan fingerprint density at radius 2 is 1.57 bits per heavy atom. The van der Waals surface area contributed by atoms with Crippen molar-refractivity contribution >= 4 is 12.6 Å². The van der Waals surface area contributed by atoms with Crippen molar-refractivity contribution in [3.05, 3.63) is 24.0 Å². The summed E-state index contributed by atoms with van der Waals surface area (Å²) in [6.45, 7) is 7.19. The molecule has 0 aromatic heterocycles. The zero-order chi connectivity index (χ0) is 16.1. The Morgan fingerprint density at radius 3 is 2.00 bits per heavy atom. The van der Waals surface area contributed by atoms with Gasteiger partial charge in [-0.25, -0.2) is 4.39 Å². The molecular formula is C13H15BF4O3. The molecule has 0 aliphatic carbocycles. The van der Waals surface area contributed by atoms with Crippen LogP contribution < -0.4 is 10.2 Å². The van der Waals surface area contributed by atoms with Gasteiger partial charge in [0.1, 0.15) is 11.6 Å². The molecule has 8 heteroatoms. The van der Waals surface area contributed by atoms with E-state index in [9.17, 15) is 17.6 Å². The van der Waals surface area contributed by atoms with Crippen LogP contribution in [0.2, 0.25) is 0 Å². The fraction of sp³-hybridized carbons (Fsp3) is 0.538. The predicted octanol–water partition coefficient (Wildman–Crippen LogP) is 3.02. The second-order valence-electron chi connectivity index (χ2n) is 5.82. The Bertz CT molecular complexity index is 527. The smallest absolute Gasteiger partial charge is 0.406 e. The lowest BCUT2D eigenvalue weighted by molar-refractivity contribution is -0.274. The van der Waals surface area contributed by atoms with Crippen molar-refractivity contribution in [3.8, 4) is 5.75 Å². The summed E-state index contributed by atoms with van der Waals surface area (Å²) in [5, 5.41) is 0. The molecule has 1 aromatic carbocycles. The topological polar surface area (TPSA) is 27.7 Å². The Morgan fingerprint density at radius 1 is 1.05 bits per heavy atom. The van der Waals surface area contributed by atoms with E-state index in [2.05, 4.69) is 4.74 Å². The first-order valence-corrected chi connectivity index (χ1v) is 6.32. The molecular weight excluding hydrogens is 291 g/mol. The lowest BCUT2D eigenvalue weighted by Gasteiger charge is -2.32. The maximum absolute atomic E-state index is 14.0. The zero-order valence-corrected chi connectivity index (χ0v) is 12.0. The van der Waals surface area contributed by atoms with Gasteiger partial charge in [0.2, 0.25) is 0 Å². The van der Waals surface area contributed by atoms with E-state index in [0.717, 1.165) is 6.07 Å². The highest BCUT2D eigenvalue weighted by molar-refractivity contribution is 6.62. The minimum atomic E-state index is -4.86. The van der Waals surface area contributed by atoms with Crippen LogP contribution in [0.3, 0.4) is 0 Å². The summed E-state index contributed by atoms with van der Waals surface area (Å²) in [6.07, 6.45) is -4.86. The second kappa shape index (κ2) is 4.88. The lowest BCUT2D eigenvalue weighted by Crippen LogP contribution is -2.41. The molecule has 1 aliphatic heterocycles. The van der Waals surface area contributed by atoms with Crippen molar-refractivity contribution in [1.29, 1.82) is 0 Å². The Hall–Kier alpha value is -1.28.